The van der Waals surface area contributed by atoms with Crippen LogP contribution in [-0.2, 0) is 19.5 Å². The summed E-state index contributed by atoms with van der Waals surface area (Å²) in [5, 5.41) is 0. The molecule has 3 rings (SSSR count). The fourth-order valence-electron chi connectivity index (χ4n) is 3.11. The standard InChI is InChI=1S/C16H21NO5S/c1-12(18)13-5-4-6-14(11-13)23(19,20)17-8-3-2-7-15(17)16-21-9-10-22-16/h4-6,11,15-16H,2-3,7-10H2,1H3. The number of ether oxygens (including phenoxy) is 2. The molecule has 0 aliphatic carbocycles. The maximum absolute atomic E-state index is 13.0. The van der Waals surface area contributed by atoms with Crippen molar-refractivity contribution in [3.8, 4) is 0 Å². The fourth-order valence-corrected chi connectivity index (χ4v) is 4.84. The van der Waals surface area contributed by atoms with E-state index in [-0.39, 0.29) is 16.7 Å². The first-order valence-electron chi connectivity index (χ1n) is 7.86. The number of hydrogen-bond donors (Lipinski definition) is 0. The first-order valence-corrected chi connectivity index (χ1v) is 9.30. The lowest BCUT2D eigenvalue weighted by atomic mass is 10.0. The zero-order chi connectivity index (χ0) is 16.4. The largest absolute Gasteiger partial charge is 0.349 e. The summed E-state index contributed by atoms with van der Waals surface area (Å²) in [6, 6.07) is 5.89. The van der Waals surface area contributed by atoms with E-state index in [2.05, 4.69) is 0 Å². The Morgan fingerprint density at radius 2 is 1.96 bits per heavy atom. The van der Waals surface area contributed by atoms with Crippen molar-refractivity contribution in [2.24, 2.45) is 0 Å². The molecule has 0 aromatic heterocycles. The molecule has 1 unspecified atom stereocenters. The third kappa shape index (κ3) is 3.33. The zero-order valence-corrected chi connectivity index (χ0v) is 13.9. The van der Waals surface area contributed by atoms with Gasteiger partial charge in [0, 0.05) is 12.1 Å². The van der Waals surface area contributed by atoms with Crippen LogP contribution in [-0.4, -0.2) is 50.6 Å². The Hall–Kier alpha value is -1.28. The van der Waals surface area contributed by atoms with Gasteiger partial charge in [0.1, 0.15) is 0 Å². The lowest BCUT2D eigenvalue weighted by Crippen LogP contribution is -2.50. The van der Waals surface area contributed by atoms with Gasteiger partial charge in [0.25, 0.3) is 0 Å². The molecular formula is C16H21NO5S. The van der Waals surface area contributed by atoms with E-state index in [1.54, 1.807) is 12.1 Å². The first-order chi connectivity index (χ1) is 11.0. The third-order valence-corrected chi connectivity index (χ3v) is 6.23. The van der Waals surface area contributed by atoms with E-state index < -0.39 is 16.3 Å². The molecule has 0 bridgehead atoms. The highest BCUT2D eigenvalue weighted by Crippen LogP contribution is 2.30. The van der Waals surface area contributed by atoms with Crippen LogP contribution in [0.4, 0.5) is 0 Å². The van der Waals surface area contributed by atoms with E-state index in [0.717, 1.165) is 19.3 Å². The van der Waals surface area contributed by atoms with Gasteiger partial charge in [0.15, 0.2) is 12.1 Å². The molecule has 2 aliphatic rings. The van der Waals surface area contributed by atoms with Crippen LogP contribution in [0.3, 0.4) is 0 Å². The highest BCUT2D eigenvalue weighted by atomic mass is 32.2. The third-order valence-electron chi connectivity index (χ3n) is 4.31. The Morgan fingerprint density at radius 1 is 1.22 bits per heavy atom. The van der Waals surface area contributed by atoms with E-state index in [1.807, 2.05) is 0 Å². The summed E-state index contributed by atoms with van der Waals surface area (Å²) < 4.78 is 38.6. The van der Waals surface area contributed by atoms with Crippen molar-refractivity contribution in [1.29, 1.82) is 0 Å². The topological polar surface area (TPSA) is 72.9 Å². The molecule has 0 radical (unpaired) electrons. The average Bonchev–Trinajstić information content (AvgIpc) is 3.09. The summed E-state index contributed by atoms with van der Waals surface area (Å²) in [4.78, 5) is 11.7. The number of piperidine rings is 1. The molecule has 1 aromatic carbocycles. The number of sulfonamides is 1. The van der Waals surface area contributed by atoms with Gasteiger partial charge >= 0.3 is 0 Å². The second-order valence-electron chi connectivity index (χ2n) is 5.87. The van der Waals surface area contributed by atoms with E-state index in [4.69, 9.17) is 9.47 Å². The van der Waals surface area contributed by atoms with Gasteiger partial charge in [-0.15, -0.1) is 0 Å². The monoisotopic (exact) mass is 339 g/mol. The van der Waals surface area contributed by atoms with Gasteiger partial charge in [-0.3, -0.25) is 4.79 Å². The molecule has 126 valence electrons. The summed E-state index contributed by atoms with van der Waals surface area (Å²) in [6.45, 7) is 2.86. The lowest BCUT2D eigenvalue weighted by molar-refractivity contribution is -0.0913. The molecule has 0 saturated carbocycles. The van der Waals surface area contributed by atoms with Crippen LogP contribution in [0.15, 0.2) is 29.2 Å². The molecule has 1 aromatic rings. The van der Waals surface area contributed by atoms with Crippen LogP contribution in [0.2, 0.25) is 0 Å². The predicted octanol–water partition coefficient (Wildman–Crippen LogP) is 1.81. The Labute approximate surface area is 136 Å². The highest BCUT2D eigenvalue weighted by Gasteiger charge is 2.40. The quantitative estimate of drug-likeness (QED) is 0.782. The number of ketones is 1. The number of carbonyl (C=O) groups excluding carboxylic acids is 1. The van der Waals surface area contributed by atoms with E-state index >= 15 is 0 Å². The van der Waals surface area contributed by atoms with Crippen molar-refractivity contribution in [2.75, 3.05) is 19.8 Å². The first kappa shape index (κ1) is 16.6. The molecule has 2 fully saturated rings. The van der Waals surface area contributed by atoms with Crippen molar-refractivity contribution >= 4 is 15.8 Å². The summed E-state index contributed by atoms with van der Waals surface area (Å²) >= 11 is 0. The number of benzene rings is 1. The number of hydrogen-bond acceptors (Lipinski definition) is 5. The van der Waals surface area contributed by atoms with Crippen LogP contribution >= 0.6 is 0 Å². The fraction of sp³-hybridized carbons (Fsp3) is 0.562. The smallest absolute Gasteiger partial charge is 0.243 e. The Kier molecular flexibility index (Phi) is 4.82. The van der Waals surface area contributed by atoms with Crippen molar-refractivity contribution in [3.63, 3.8) is 0 Å². The van der Waals surface area contributed by atoms with Gasteiger partial charge < -0.3 is 9.47 Å². The summed E-state index contributed by atoms with van der Waals surface area (Å²) in [5.41, 5.74) is 0.396. The van der Waals surface area contributed by atoms with Gasteiger partial charge in [-0.25, -0.2) is 8.42 Å². The van der Waals surface area contributed by atoms with Gasteiger partial charge in [-0.05, 0) is 31.9 Å². The van der Waals surface area contributed by atoms with Crippen molar-refractivity contribution in [1.82, 2.24) is 4.31 Å². The minimum atomic E-state index is -3.68. The van der Waals surface area contributed by atoms with E-state index in [9.17, 15) is 13.2 Å². The SMILES string of the molecule is CC(=O)c1cccc(S(=O)(=O)N2CCCCC2C2OCCO2)c1. The molecule has 23 heavy (non-hydrogen) atoms. The average molecular weight is 339 g/mol. The molecule has 1 atom stereocenters. The molecule has 0 N–H and O–H groups in total. The van der Waals surface area contributed by atoms with Crippen LogP contribution in [0.1, 0.15) is 36.5 Å². The number of nitrogens with zero attached hydrogens (tertiary/aromatic N) is 1. The second kappa shape index (κ2) is 6.68. The summed E-state index contributed by atoms with van der Waals surface area (Å²) in [5.74, 6) is -0.153. The van der Waals surface area contributed by atoms with E-state index in [1.165, 1.54) is 23.4 Å². The molecule has 2 saturated heterocycles. The van der Waals surface area contributed by atoms with Gasteiger partial charge in [-0.2, -0.15) is 4.31 Å². The zero-order valence-electron chi connectivity index (χ0n) is 13.1. The number of Topliss-reactive ketones (excluding diaryl/α,β-unsaturated/α-hetero) is 1. The number of carbonyl (C=O) groups is 1. The molecule has 0 spiro atoms. The molecule has 6 nitrogen and oxygen atoms in total. The minimum Gasteiger partial charge on any atom is -0.349 e. The maximum Gasteiger partial charge on any atom is 0.243 e. The van der Waals surface area contributed by atoms with Gasteiger partial charge in [-0.1, -0.05) is 18.6 Å². The normalized spacial score (nSPS) is 24.0. The second-order valence-corrected chi connectivity index (χ2v) is 7.76. The molecule has 2 aliphatic heterocycles. The Morgan fingerprint density at radius 3 is 2.65 bits per heavy atom. The van der Waals surface area contributed by atoms with Crippen LogP contribution in [0.25, 0.3) is 0 Å². The maximum atomic E-state index is 13.0. The molecular weight excluding hydrogens is 318 g/mol. The Balaban J connectivity index is 1.93. The van der Waals surface area contributed by atoms with Crippen molar-refractivity contribution < 1.29 is 22.7 Å². The van der Waals surface area contributed by atoms with Crippen LogP contribution in [0.5, 0.6) is 0 Å². The van der Waals surface area contributed by atoms with Gasteiger partial charge in [0.05, 0.1) is 24.2 Å². The van der Waals surface area contributed by atoms with Crippen LogP contribution in [0, 0.1) is 0 Å². The Bertz CT molecular complexity index is 681. The molecule has 2 heterocycles. The molecule has 0 amide bonds. The van der Waals surface area contributed by atoms with E-state index in [0.29, 0.717) is 25.3 Å². The highest BCUT2D eigenvalue weighted by molar-refractivity contribution is 7.89. The van der Waals surface area contributed by atoms with Crippen molar-refractivity contribution in [2.45, 2.75) is 43.4 Å². The summed E-state index contributed by atoms with van der Waals surface area (Å²) in [7, 11) is -3.68. The lowest BCUT2D eigenvalue weighted by Gasteiger charge is -2.36. The van der Waals surface area contributed by atoms with Crippen LogP contribution < -0.4 is 0 Å². The minimum absolute atomic E-state index is 0.148. The number of rotatable bonds is 4. The predicted molar refractivity (Wildman–Crippen MR) is 83.7 cm³/mol. The molecule has 7 heteroatoms. The van der Waals surface area contributed by atoms with Gasteiger partial charge in [0.2, 0.25) is 10.0 Å². The summed E-state index contributed by atoms with van der Waals surface area (Å²) in [6.07, 6.45) is 1.99. The van der Waals surface area contributed by atoms with Crippen molar-refractivity contribution in [3.05, 3.63) is 29.8 Å².